The van der Waals surface area contributed by atoms with Crippen LogP contribution in [0.15, 0.2) is 0 Å². The van der Waals surface area contributed by atoms with Gasteiger partial charge in [0.15, 0.2) is 0 Å². The second-order valence-corrected chi connectivity index (χ2v) is 0.658. The molecular weight excluding hydrogens is 176 g/mol. The lowest BCUT2D eigenvalue weighted by Gasteiger charge is -1.89. The van der Waals surface area contributed by atoms with Crippen LogP contribution in [-0.4, -0.2) is 26.2 Å². The third-order valence-electron chi connectivity index (χ3n) is 0.333. The zero-order chi connectivity index (χ0) is 6.99. The van der Waals surface area contributed by atoms with Crippen molar-refractivity contribution < 1.29 is 14.3 Å². The van der Waals surface area contributed by atoms with E-state index in [1.807, 2.05) is 5.83 Å². The highest BCUT2D eigenvalue weighted by molar-refractivity contribution is 9.08. The molecule has 0 aliphatic heterocycles. The van der Waals surface area contributed by atoms with Crippen LogP contribution in [0.1, 0.15) is 0 Å². The molecule has 0 unspecified atom stereocenters. The molecule has 4 heteroatoms. The summed E-state index contributed by atoms with van der Waals surface area (Å²) in [4.78, 5) is 9.74. The molecule has 0 N–H and O–H groups in total. The molecule has 0 atom stereocenters. The summed E-state index contributed by atoms with van der Waals surface area (Å²) in [5.41, 5.74) is 0. The lowest BCUT2D eigenvalue weighted by molar-refractivity contribution is 0.0924. The first-order valence-electron chi connectivity index (χ1n) is 1.81. The van der Waals surface area contributed by atoms with Crippen LogP contribution in [0, 0.1) is 0 Å². The zero-order valence-corrected chi connectivity index (χ0v) is 6.69. The van der Waals surface area contributed by atoms with Gasteiger partial charge in [-0.05, 0) is 5.83 Å². The van der Waals surface area contributed by atoms with Crippen molar-refractivity contribution in [2.45, 2.75) is 0 Å². The van der Waals surface area contributed by atoms with Crippen LogP contribution < -0.4 is 0 Å². The van der Waals surface area contributed by atoms with E-state index in [-0.39, 0.29) is 0 Å². The van der Waals surface area contributed by atoms with Gasteiger partial charge in [-0.2, -0.15) is 0 Å². The van der Waals surface area contributed by atoms with E-state index < -0.39 is 6.16 Å². The molecule has 3 nitrogen and oxygen atoms in total. The minimum Gasteiger partial charge on any atom is -0.438 e. The molecule has 0 saturated carbocycles. The van der Waals surface area contributed by atoms with Gasteiger partial charge < -0.3 is 9.47 Å². The molecule has 0 radical (unpaired) electrons. The van der Waals surface area contributed by atoms with Gasteiger partial charge in [-0.15, -0.1) is 0 Å². The van der Waals surface area contributed by atoms with Crippen molar-refractivity contribution in [3.63, 3.8) is 0 Å². The molecule has 50 valence electrons. The van der Waals surface area contributed by atoms with Gasteiger partial charge in [0, 0.05) is 0 Å². The Labute approximate surface area is 57.1 Å². The number of alkyl halides is 1. The molecule has 0 aliphatic carbocycles. The Kier molecular flexibility index (Phi) is 13.2. The second kappa shape index (κ2) is 9.89. The molecule has 0 rings (SSSR count). The monoisotopic (exact) mass is 184 g/mol. The van der Waals surface area contributed by atoms with Crippen LogP contribution in [0.25, 0.3) is 0 Å². The van der Waals surface area contributed by atoms with Gasteiger partial charge >= 0.3 is 6.16 Å². The van der Waals surface area contributed by atoms with E-state index in [9.17, 15) is 4.79 Å². The normalized spacial score (nSPS) is 6.00. The second-order valence-electron chi connectivity index (χ2n) is 0.658. The van der Waals surface area contributed by atoms with Crippen molar-refractivity contribution in [2.75, 3.05) is 20.1 Å². The fourth-order valence-electron chi connectivity index (χ4n) is 0.0833. The molecule has 8 heavy (non-hydrogen) atoms. The number of methoxy groups -OCH3 is 2. The van der Waals surface area contributed by atoms with E-state index in [0.29, 0.717) is 0 Å². The number of rotatable bonds is 0. The minimum absolute atomic E-state index is 0.657. The van der Waals surface area contributed by atoms with Crippen LogP contribution >= 0.6 is 15.9 Å². The Hall–Kier alpha value is -0.250. The molecule has 0 aromatic carbocycles. The van der Waals surface area contributed by atoms with Crippen LogP contribution in [0.2, 0.25) is 0 Å². The summed E-state index contributed by atoms with van der Waals surface area (Å²) in [7, 11) is 2.51. The first kappa shape index (κ1) is 10.7. The fraction of sp³-hybridized carbons (Fsp3) is 0.750. The van der Waals surface area contributed by atoms with Crippen LogP contribution in [0.4, 0.5) is 4.79 Å². The van der Waals surface area contributed by atoms with Gasteiger partial charge in [0.2, 0.25) is 0 Å². The molecule has 0 bridgehead atoms. The van der Waals surface area contributed by atoms with Gasteiger partial charge in [0.25, 0.3) is 0 Å². The van der Waals surface area contributed by atoms with E-state index in [4.69, 9.17) is 0 Å². The summed E-state index contributed by atoms with van der Waals surface area (Å²) in [5, 5.41) is 0. The number of hydrogen-bond donors (Lipinski definition) is 0. The van der Waals surface area contributed by atoms with Crippen LogP contribution in [0.5, 0.6) is 0 Å². The fourth-order valence-corrected chi connectivity index (χ4v) is 0.0833. The summed E-state index contributed by atoms with van der Waals surface area (Å²) in [6.07, 6.45) is -0.657. The third kappa shape index (κ3) is 9.23. The Balaban J connectivity index is 0. The van der Waals surface area contributed by atoms with Crippen LogP contribution in [-0.2, 0) is 9.47 Å². The van der Waals surface area contributed by atoms with Gasteiger partial charge in [0.05, 0.1) is 14.2 Å². The third-order valence-corrected chi connectivity index (χ3v) is 0.333. The van der Waals surface area contributed by atoms with Gasteiger partial charge in [0.1, 0.15) is 0 Å². The van der Waals surface area contributed by atoms with Gasteiger partial charge in [-0.3, -0.25) is 0 Å². The van der Waals surface area contributed by atoms with Crippen molar-refractivity contribution in [3.05, 3.63) is 0 Å². The Bertz CT molecular complexity index is 49.2. The number of carbonyl (C=O) groups is 1. The molecule has 0 aromatic rings. The molecule has 0 aromatic heterocycles. The average Bonchev–Trinajstić information content (AvgIpc) is 1.91. The average molecular weight is 185 g/mol. The predicted molar refractivity (Wildman–Crippen MR) is 34.3 cm³/mol. The number of halogens is 1. The molecule has 0 heterocycles. The van der Waals surface area contributed by atoms with Gasteiger partial charge in [-0.25, -0.2) is 4.79 Å². The maximum Gasteiger partial charge on any atom is 0.507 e. The SMILES string of the molecule is CBr.COC(=O)OC. The molecular formula is C4H9BrO3. The molecule has 0 amide bonds. The molecule has 0 spiro atoms. The smallest absolute Gasteiger partial charge is 0.438 e. The largest absolute Gasteiger partial charge is 0.507 e. The quantitative estimate of drug-likeness (QED) is 0.422. The first-order chi connectivity index (χ1) is 3.81. The number of ether oxygens (including phenoxy) is 2. The topological polar surface area (TPSA) is 35.5 Å². The first-order valence-corrected chi connectivity index (χ1v) is 3.39. The van der Waals surface area contributed by atoms with Gasteiger partial charge in [-0.1, -0.05) is 15.9 Å². The molecule has 0 fully saturated rings. The Morgan fingerprint density at radius 3 is 1.50 bits per heavy atom. The van der Waals surface area contributed by atoms with E-state index in [1.165, 1.54) is 14.2 Å². The Morgan fingerprint density at radius 1 is 1.25 bits per heavy atom. The Morgan fingerprint density at radius 2 is 1.50 bits per heavy atom. The highest BCUT2D eigenvalue weighted by atomic mass is 79.9. The van der Waals surface area contributed by atoms with E-state index in [0.717, 1.165) is 0 Å². The summed E-state index contributed by atoms with van der Waals surface area (Å²) >= 11 is 2.94. The summed E-state index contributed by atoms with van der Waals surface area (Å²) in [6.45, 7) is 0. The molecule has 0 saturated heterocycles. The van der Waals surface area contributed by atoms with Crippen molar-refractivity contribution in [1.29, 1.82) is 0 Å². The van der Waals surface area contributed by atoms with Crippen molar-refractivity contribution in [2.24, 2.45) is 0 Å². The standard InChI is InChI=1S/C3H6O3.CH3Br/c1-5-3(4)6-2;1-2/h1-2H3;1H3. The number of hydrogen-bond acceptors (Lipinski definition) is 3. The minimum atomic E-state index is -0.657. The zero-order valence-electron chi connectivity index (χ0n) is 5.10. The summed E-state index contributed by atoms with van der Waals surface area (Å²) < 4.78 is 8.08. The summed E-state index contributed by atoms with van der Waals surface area (Å²) in [6, 6.07) is 0. The van der Waals surface area contributed by atoms with Crippen molar-refractivity contribution in [3.8, 4) is 0 Å². The highest BCUT2D eigenvalue weighted by Crippen LogP contribution is 1.72. The van der Waals surface area contributed by atoms with Crippen molar-refractivity contribution in [1.82, 2.24) is 0 Å². The van der Waals surface area contributed by atoms with E-state index in [2.05, 4.69) is 25.4 Å². The lowest BCUT2D eigenvalue weighted by Crippen LogP contribution is -1.97. The van der Waals surface area contributed by atoms with Crippen LogP contribution in [0.3, 0.4) is 0 Å². The highest BCUT2D eigenvalue weighted by Gasteiger charge is 1.88. The maximum absolute atomic E-state index is 9.74. The summed E-state index contributed by atoms with van der Waals surface area (Å²) in [5.74, 6) is 1.81. The van der Waals surface area contributed by atoms with Crippen molar-refractivity contribution >= 4 is 22.1 Å². The van der Waals surface area contributed by atoms with E-state index >= 15 is 0 Å². The lowest BCUT2D eigenvalue weighted by atomic mass is 11.3. The predicted octanol–water partition coefficient (Wildman–Crippen LogP) is 1.41. The molecule has 0 aliphatic rings. The maximum atomic E-state index is 9.74. The van der Waals surface area contributed by atoms with E-state index in [1.54, 1.807) is 0 Å². The number of carbonyl (C=O) groups excluding carboxylic acids is 1.